The summed E-state index contributed by atoms with van der Waals surface area (Å²) in [6, 6.07) is 0. The lowest BCUT2D eigenvalue weighted by Gasteiger charge is -2.11. The molecule has 2 rings (SSSR count). The summed E-state index contributed by atoms with van der Waals surface area (Å²) in [5.74, 6) is 1.54. The van der Waals surface area contributed by atoms with Crippen molar-refractivity contribution in [1.29, 1.82) is 0 Å². The van der Waals surface area contributed by atoms with Crippen molar-refractivity contribution in [1.82, 2.24) is 0 Å². The summed E-state index contributed by atoms with van der Waals surface area (Å²) < 4.78 is 0.475. The fraction of sp³-hybridized carbons (Fsp3) is 0.909. The minimum atomic E-state index is 0.475. The van der Waals surface area contributed by atoms with E-state index in [0.717, 1.165) is 12.4 Å². The first-order valence-electron chi connectivity index (χ1n) is 5.61. The summed E-state index contributed by atoms with van der Waals surface area (Å²) in [7, 11) is 0. The molecular weight excluding hydrogens is 192 g/mol. The van der Waals surface area contributed by atoms with Crippen LogP contribution in [0, 0.1) is 5.92 Å². The van der Waals surface area contributed by atoms with Crippen LogP contribution in [0.4, 0.5) is 0 Å². The molecule has 0 heterocycles. The molecule has 2 fully saturated rings. The average Bonchev–Trinajstić information content (AvgIpc) is 2.78. The summed E-state index contributed by atoms with van der Waals surface area (Å²) in [6.07, 6.45) is 10.1. The van der Waals surface area contributed by atoms with Crippen molar-refractivity contribution >= 4 is 17.6 Å². The summed E-state index contributed by atoms with van der Waals surface area (Å²) in [6.45, 7) is 0.955. The molecule has 0 bridgehead atoms. The molecule has 2 saturated carbocycles. The number of thioether (sulfide) groups is 1. The number of rotatable bonds is 4. The molecule has 0 saturated heterocycles. The van der Waals surface area contributed by atoms with Crippen molar-refractivity contribution < 1.29 is 0 Å². The molecule has 0 radical (unpaired) electrons. The van der Waals surface area contributed by atoms with Crippen LogP contribution >= 0.6 is 11.8 Å². The molecule has 2 aliphatic carbocycles. The van der Waals surface area contributed by atoms with Crippen molar-refractivity contribution in [2.75, 3.05) is 12.8 Å². The van der Waals surface area contributed by atoms with Crippen LogP contribution in [0.3, 0.4) is 0 Å². The zero-order valence-corrected chi connectivity index (χ0v) is 9.78. The molecule has 2 aliphatic rings. The summed E-state index contributed by atoms with van der Waals surface area (Å²) in [4.78, 5) is 4.58. The van der Waals surface area contributed by atoms with Gasteiger partial charge in [0.15, 0.2) is 0 Å². The predicted octanol–water partition coefficient (Wildman–Crippen LogP) is 2.43. The lowest BCUT2D eigenvalue weighted by Crippen LogP contribution is -2.23. The Morgan fingerprint density at radius 3 is 2.57 bits per heavy atom. The standard InChI is InChI=1S/C11H20N2S/c1-14-11(6-7-11)8-13-10(12)9-4-2-3-5-9/h9H,2-8H2,1H3,(H2,12,13). The second-order valence-corrected chi connectivity index (χ2v) is 5.88. The van der Waals surface area contributed by atoms with Crippen LogP contribution in [-0.2, 0) is 0 Å². The van der Waals surface area contributed by atoms with Crippen LogP contribution in [0.25, 0.3) is 0 Å². The smallest absolute Gasteiger partial charge is 0.0969 e. The van der Waals surface area contributed by atoms with E-state index in [4.69, 9.17) is 5.73 Å². The number of amidine groups is 1. The van der Waals surface area contributed by atoms with E-state index in [-0.39, 0.29) is 0 Å². The highest BCUT2D eigenvalue weighted by Crippen LogP contribution is 2.47. The zero-order chi connectivity index (χ0) is 10.0. The van der Waals surface area contributed by atoms with Crippen LogP contribution in [0.5, 0.6) is 0 Å². The first kappa shape index (κ1) is 10.3. The highest BCUT2D eigenvalue weighted by molar-refractivity contribution is 8.00. The minimum Gasteiger partial charge on any atom is -0.387 e. The lowest BCUT2D eigenvalue weighted by atomic mass is 10.1. The van der Waals surface area contributed by atoms with Crippen molar-refractivity contribution in [3.05, 3.63) is 0 Å². The Morgan fingerprint density at radius 1 is 1.43 bits per heavy atom. The molecule has 0 aromatic carbocycles. The maximum absolute atomic E-state index is 6.01. The fourth-order valence-corrected chi connectivity index (χ4v) is 2.86. The Hall–Kier alpha value is -0.180. The molecule has 0 spiro atoms. The Labute approximate surface area is 90.7 Å². The van der Waals surface area contributed by atoms with Gasteiger partial charge in [-0.25, -0.2) is 0 Å². The molecule has 0 aliphatic heterocycles. The van der Waals surface area contributed by atoms with Gasteiger partial charge in [0.1, 0.15) is 0 Å². The van der Waals surface area contributed by atoms with Crippen molar-refractivity contribution in [3.63, 3.8) is 0 Å². The number of hydrogen-bond donors (Lipinski definition) is 1. The third-order valence-corrected chi connectivity index (χ3v) is 4.97. The highest BCUT2D eigenvalue weighted by atomic mass is 32.2. The van der Waals surface area contributed by atoms with Gasteiger partial charge in [-0.3, -0.25) is 4.99 Å². The average molecular weight is 212 g/mol. The molecule has 14 heavy (non-hydrogen) atoms. The van der Waals surface area contributed by atoms with Crippen LogP contribution in [0.15, 0.2) is 4.99 Å². The molecule has 0 atom stereocenters. The second-order valence-electron chi connectivity index (χ2n) is 4.61. The van der Waals surface area contributed by atoms with Gasteiger partial charge in [0.05, 0.1) is 12.4 Å². The van der Waals surface area contributed by atoms with Crippen LogP contribution < -0.4 is 5.73 Å². The molecule has 0 aromatic heterocycles. The van der Waals surface area contributed by atoms with E-state index in [0.29, 0.717) is 10.7 Å². The van der Waals surface area contributed by atoms with Gasteiger partial charge in [-0.1, -0.05) is 12.8 Å². The zero-order valence-electron chi connectivity index (χ0n) is 8.96. The Balaban J connectivity index is 1.84. The van der Waals surface area contributed by atoms with Crippen molar-refractivity contribution in [3.8, 4) is 0 Å². The number of nitrogens with two attached hydrogens (primary N) is 1. The first-order chi connectivity index (χ1) is 6.76. The summed E-state index contributed by atoms with van der Waals surface area (Å²) in [5, 5.41) is 0. The Bertz CT molecular complexity index is 227. The number of hydrogen-bond acceptors (Lipinski definition) is 2. The fourth-order valence-electron chi connectivity index (χ4n) is 2.15. The van der Waals surface area contributed by atoms with Gasteiger partial charge in [0, 0.05) is 10.7 Å². The quantitative estimate of drug-likeness (QED) is 0.574. The third kappa shape index (κ3) is 2.25. The van der Waals surface area contributed by atoms with Crippen molar-refractivity contribution in [2.24, 2.45) is 16.6 Å². The SMILES string of the molecule is CSC1(CN=C(N)C2CCCC2)CC1. The van der Waals surface area contributed by atoms with E-state index in [1.807, 2.05) is 11.8 Å². The predicted molar refractivity (Wildman–Crippen MR) is 63.9 cm³/mol. The molecule has 0 amide bonds. The maximum Gasteiger partial charge on any atom is 0.0969 e. The van der Waals surface area contributed by atoms with Gasteiger partial charge in [-0.15, -0.1) is 0 Å². The Morgan fingerprint density at radius 2 is 2.07 bits per heavy atom. The highest BCUT2D eigenvalue weighted by Gasteiger charge is 2.41. The van der Waals surface area contributed by atoms with Gasteiger partial charge < -0.3 is 5.73 Å². The first-order valence-corrected chi connectivity index (χ1v) is 6.83. The number of nitrogens with zero attached hydrogens (tertiary/aromatic N) is 1. The molecule has 2 nitrogen and oxygen atoms in total. The van der Waals surface area contributed by atoms with Crippen molar-refractivity contribution in [2.45, 2.75) is 43.3 Å². The van der Waals surface area contributed by atoms with Crippen LogP contribution in [-0.4, -0.2) is 23.4 Å². The third-order valence-electron chi connectivity index (χ3n) is 3.56. The molecule has 3 heteroatoms. The normalized spacial score (nSPS) is 26.8. The van der Waals surface area contributed by atoms with Gasteiger partial charge >= 0.3 is 0 Å². The van der Waals surface area contributed by atoms with E-state index < -0.39 is 0 Å². The van der Waals surface area contributed by atoms with Gasteiger partial charge in [0.2, 0.25) is 0 Å². The topological polar surface area (TPSA) is 38.4 Å². The van der Waals surface area contributed by atoms with Crippen LogP contribution in [0.2, 0.25) is 0 Å². The van der Waals surface area contributed by atoms with Gasteiger partial charge in [0.25, 0.3) is 0 Å². The maximum atomic E-state index is 6.01. The Kier molecular flexibility index (Phi) is 3.05. The molecular formula is C11H20N2S. The summed E-state index contributed by atoms with van der Waals surface area (Å²) in [5.41, 5.74) is 6.01. The molecule has 80 valence electrons. The minimum absolute atomic E-state index is 0.475. The lowest BCUT2D eigenvalue weighted by molar-refractivity contribution is 0.713. The van der Waals surface area contributed by atoms with E-state index in [9.17, 15) is 0 Å². The second kappa shape index (κ2) is 4.13. The van der Waals surface area contributed by atoms with E-state index >= 15 is 0 Å². The van der Waals surface area contributed by atoms with Crippen LogP contribution in [0.1, 0.15) is 38.5 Å². The monoisotopic (exact) mass is 212 g/mol. The molecule has 2 N–H and O–H groups in total. The largest absolute Gasteiger partial charge is 0.387 e. The van der Waals surface area contributed by atoms with Gasteiger partial charge in [-0.2, -0.15) is 11.8 Å². The van der Waals surface area contributed by atoms with E-state index in [2.05, 4.69) is 11.2 Å². The summed E-state index contributed by atoms with van der Waals surface area (Å²) >= 11 is 1.96. The molecule has 0 unspecified atom stereocenters. The van der Waals surface area contributed by atoms with E-state index in [1.54, 1.807) is 0 Å². The van der Waals surface area contributed by atoms with E-state index in [1.165, 1.54) is 38.5 Å². The number of aliphatic imine (C=N–C) groups is 1. The molecule has 0 aromatic rings. The van der Waals surface area contributed by atoms with Gasteiger partial charge in [-0.05, 0) is 31.9 Å².